The molecule has 1 radical (unpaired) electrons. The van der Waals surface area contributed by atoms with Gasteiger partial charge >= 0.3 is 0 Å². The van der Waals surface area contributed by atoms with Crippen molar-refractivity contribution >= 4 is 5.91 Å². The van der Waals surface area contributed by atoms with Crippen LogP contribution in [0.3, 0.4) is 0 Å². The lowest BCUT2D eigenvalue weighted by Crippen LogP contribution is -2.29. The van der Waals surface area contributed by atoms with Crippen LogP contribution in [0.15, 0.2) is 0 Å². The molecular weight excluding hydrogens is 138 g/mol. The number of amides is 1. The van der Waals surface area contributed by atoms with Crippen LogP contribution in [-0.4, -0.2) is 24.9 Å². The first-order valence-corrected chi connectivity index (χ1v) is 4.13. The average molecular weight is 156 g/mol. The van der Waals surface area contributed by atoms with E-state index in [0.717, 1.165) is 19.3 Å². The van der Waals surface area contributed by atoms with Crippen molar-refractivity contribution in [2.45, 2.75) is 26.2 Å². The van der Waals surface area contributed by atoms with Crippen molar-refractivity contribution in [1.82, 2.24) is 4.90 Å². The number of carbonyl (C=O) groups excluding carboxylic acids is 1. The zero-order valence-electron chi connectivity index (χ0n) is 7.76. The molecule has 0 aliphatic rings. The fourth-order valence-corrected chi connectivity index (χ4v) is 1.11. The van der Waals surface area contributed by atoms with Gasteiger partial charge in [-0.2, -0.15) is 0 Å². The molecule has 0 aromatic heterocycles. The Bertz CT molecular complexity index is 121. The summed E-state index contributed by atoms with van der Waals surface area (Å²) < 4.78 is 0. The molecule has 2 heteroatoms. The maximum atomic E-state index is 11.4. The highest BCUT2D eigenvalue weighted by molar-refractivity contribution is 5.78. The van der Waals surface area contributed by atoms with Crippen LogP contribution in [0.5, 0.6) is 0 Å². The second kappa shape index (κ2) is 5.16. The van der Waals surface area contributed by atoms with E-state index >= 15 is 0 Å². The first kappa shape index (κ1) is 10.5. The Morgan fingerprint density at radius 2 is 2.09 bits per heavy atom. The van der Waals surface area contributed by atoms with Crippen molar-refractivity contribution in [2.75, 3.05) is 14.1 Å². The Balaban J connectivity index is 3.92. The molecule has 0 bridgehead atoms. The molecule has 65 valence electrons. The van der Waals surface area contributed by atoms with Gasteiger partial charge in [0.05, 0.1) is 0 Å². The predicted molar refractivity (Wildman–Crippen MR) is 47.1 cm³/mol. The maximum absolute atomic E-state index is 11.4. The first-order chi connectivity index (χ1) is 5.13. The standard InChI is InChI=1S/C9H18NO/c1-5-7-8(6-2)9(11)10(3)4/h8H,1,5-7H2,2-4H3. The van der Waals surface area contributed by atoms with Crippen LogP contribution in [0.1, 0.15) is 26.2 Å². The Morgan fingerprint density at radius 1 is 1.55 bits per heavy atom. The Kier molecular flexibility index (Phi) is 4.92. The van der Waals surface area contributed by atoms with Gasteiger partial charge in [-0.3, -0.25) is 4.79 Å². The molecule has 0 aromatic rings. The summed E-state index contributed by atoms with van der Waals surface area (Å²) in [5.41, 5.74) is 0. The highest BCUT2D eigenvalue weighted by Gasteiger charge is 2.16. The van der Waals surface area contributed by atoms with Gasteiger partial charge in [0, 0.05) is 20.0 Å². The molecule has 0 spiro atoms. The minimum absolute atomic E-state index is 0.183. The Morgan fingerprint density at radius 3 is 2.36 bits per heavy atom. The molecule has 0 aliphatic carbocycles. The molecule has 2 nitrogen and oxygen atoms in total. The minimum Gasteiger partial charge on any atom is -0.349 e. The summed E-state index contributed by atoms with van der Waals surface area (Å²) in [6, 6.07) is 0. The average Bonchev–Trinajstić information content (AvgIpc) is 1.98. The van der Waals surface area contributed by atoms with Crippen molar-refractivity contribution in [3.63, 3.8) is 0 Å². The van der Waals surface area contributed by atoms with Crippen LogP contribution in [0.25, 0.3) is 0 Å². The van der Waals surface area contributed by atoms with Crippen LogP contribution < -0.4 is 0 Å². The van der Waals surface area contributed by atoms with E-state index in [4.69, 9.17) is 0 Å². The molecule has 0 N–H and O–H groups in total. The second-order valence-electron chi connectivity index (χ2n) is 2.98. The monoisotopic (exact) mass is 156 g/mol. The molecule has 0 heterocycles. The number of nitrogens with zero attached hydrogens (tertiary/aromatic N) is 1. The van der Waals surface area contributed by atoms with Gasteiger partial charge in [-0.05, 0) is 12.8 Å². The number of hydrogen-bond donors (Lipinski definition) is 0. The molecule has 1 unspecified atom stereocenters. The molecule has 11 heavy (non-hydrogen) atoms. The van der Waals surface area contributed by atoms with E-state index in [-0.39, 0.29) is 11.8 Å². The van der Waals surface area contributed by atoms with Crippen molar-refractivity contribution in [2.24, 2.45) is 5.92 Å². The molecule has 0 aromatic carbocycles. The number of rotatable bonds is 4. The van der Waals surface area contributed by atoms with Crippen LogP contribution in [0.4, 0.5) is 0 Å². The molecule has 1 amide bonds. The van der Waals surface area contributed by atoms with Gasteiger partial charge in [0.15, 0.2) is 0 Å². The van der Waals surface area contributed by atoms with Crippen molar-refractivity contribution in [3.05, 3.63) is 6.92 Å². The quantitative estimate of drug-likeness (QED) is 0.607. The lowest BCUT2D eigenvalue weighted by Gasteiger charge is -2.18. The zero-order valence-corrected chi connectivity index (χ0v) is 7.76. The largest absolute Gasteiger partial charge is 0.349 e. The third-order valence-corrected chi connectivity index (χ3v) is 1.84. The van der Waals surface area contributed by atoms with E-state index in [1.807, 2.05) is 6.92 Å². The van der Waals surface area contributed by atoms with Gasteiger partial charge in [0.2, 0.25) is 5.91 Å². The van der Waals surface area contributed by atoms with Crippen molar-refractivity contribution in [1.29, 1.82) is 0 Å². The molecule has 0 aliphatic heterocycles. The smallest absolute Gasteiger partial charge is 0.225 e. The van der Waals surface area contributed by atoms with Crippen LogP contribution >= 0.6 is 0 Å². The van der Waals surface area contributed by atoms with Gasteiger partial charge in [-0.25, -0.2) is 0 Å². The van der Waals surface area contributed by atoms with E-state index < -0.39 is 0 Å². The Labute approximate surface area is 69.6 Å². The lowest BCUT2D eigenvalue weighted by molar-refractivity contribution is -0.133. The van der Waals surface area contributed by atoms with Crippen molar-refractivity contribution in [3.8, 4) is 0 Å². The molecule has 0 saturated heterocycles. The summed E-state index contributed by atoms with van der Waals surface area (Å²) in [5, 5.41) is 0. The van der Waals surface area contributed by atoms with Gasteiger partial charge in [-0.15, -0.1) is 0 Å². The normalized spacial score (nSPS) is 12.7. The molecule has 1 atom stereocenters. The highest BCUT2D eigenvalue weighted by atomic mass is 16.2. The van der Waals surface area contributed by atoms with E-state index in [0.29, 0.717) is 0 Å². The van der Waals surface area contributed by atoms with E-state index in [2.05, 4.69) is 6.92 Å². The maximum Gasteiger partial charge on any atom is 0.225 e. The van der Waals surface area contributed by atoms with Crippen LogP contribution in [0, 0.1) is 12.8 Å². The summed E-state index contributed by atoms with van der Waals surface area (Å²) in [7, 11) is 3.60. The van der Waals surface area contributed by atoms with Gasteiger partial charge in [-0.1, -0.05) is 20.3 Å². The number of hydrogen-bond acceptors (Lipinski definition) is 1. The topological polar surface area (TPSA) is 20.3 Å². The molecule has 0 saturated carbocycles. The zero-order chi connectivity index (χ0) is 8.85. The molecule has 0 rings (SSSR count). The summed E-state index contributed by atoms with van der Waals surface area (Å²) in [5.74, 6) is 0.415. The summed E-state index contributed by atoms with van der Waals surface area (Å²) in [4.78, 5) is 13.0. The summed E-state index contributed by atoms with van der Waals surface area (Å²) in [6.07, 6.45) is 2.68. The highest BCUT2D eigenvalue weighted by Crippen LogP contribution is 2.12. The van der Waals surface area contributed by atoms with Gasteiger partial charge in [0.25, 0.3) is 0 Å². The van der Waals surface area contributed by atoms with Crippen LogP contribution in [-0.2, 0) is 4.79 Å². The van der Waals surface area contributed by atoms with E-state index in [9.17, 15) is 4.79 Å². The van der Waals surface area contributed by atoms with E-state index in [1.165, 1.54) is 0 Å². The fourth-order valence-electron chi connectivity index (χ4n) is 1.11. The van der Waals surface area contributed by atoms with E-state index in [1.54, 1.807) is 19.0 Å². The van der Waals surface area contributed by atoms with Crippen LogP contribution in [0.2, 0.25) is 0 Å². The fraction of sp³-hybridized carbons (Fsp3) is 0.778. The van der Waals surface area contributed by atoms with Gasteiger partial charge in [0.1, 0.15) is 0 Å². The Hall–Kier alpha value is -0.530. The third kappa shape index (κ3) is 3.40. The first-order valence-electron chi connectivity index (χ1n) is 4.13. The summed E-state index contributed by atoms with van der Waals surface area (Å²) >= 11 is 0. The third-order valence-electron chi connectivity index (χ3n) is 1.84. The second-order valence-corrected chi connectivity index (χ2v) is 2.98. The summed E-state index contributed by atoms with van der Waals surface area (Å²) in [6.45, 7) is 5.79. The molecule has 0 fully saturated rings. The van der Waals surface area contributed by atoms with Gasteiger partial charge < -0.3 is 4.90 Å². The lowest BCUT2D eigenvalue weighted by atomic mass is 10.00. The van der Waals surface area contributed by atoms with Crippen molar-refractivity contribution < 1.29 is 4.79 Å². The molecular formula is C9H18NO. The minimum atomic E-state index is 0.183. The SMILES string of the molecule is [CH2]CCC(CC)C(=O)N(C)C. The predicted octanol–water partition coefficient (Wildman–Crippen LogP) is 1.72. The number of carbonyl (C=O) groups is 1.